The lowest BCUT2D eigenvalue weighted by Crippen LogP contribution is -2.24. The second kappa shape index (κ2) is 11.9. The Labute approximate surface area is 181 Å². The molecule has 0 fully saturated rings. The quantitative estimate of drug-likeness (QED) is 0.284. The zero-order chi connectivity index (χ0) is 21.7. The third-order valence-electron chi connectivity index (χ3n) is 4.19. The number of urea groups is 1. The highest BCUT2D eigenvalue weighted by molar-refractivity contribution is 5.90. The minimum absolute atomic E-state index is 0.420. The fourth-order valence-electron chi connectivity index (χ4n) is 2.66. The Bertz CT molecular complexity index is 976. The van der Waals surface area contributed by atoms with Crippen LogP contribution in [0, 0.1) is 0 Å². The number of carbonyl (C=O) groups is 1. The first-order valence-corrected chi connectivity index (χ1v) is 9.88. The summed E-state index contributed by atoms with van der Waals surface area (Å²) in [5, 5.41) is 6.69. The van der Waals surface area contributed by atoms with Crippen LogP contribution in [0.15, 0.2) is 84.0 Å². The normalized spacial score (nSPS) is 10.5. The molecular weight excluding hydrogens is 394 g/mol. The molecule has 0 radical (unpaired) electrons. The molecule has 3 aromatic carbocycles. The average Bonchev–Trinajstić information content (AvgIpc) is 2.81. The molecule has 0 aromatic heterocycles. The summed E-state index contributed by atoms with van der Waals surface area (Å²) in [4.78, 5) is 11.9. The van der Waals surface area contributed by atoms with E-state index in [-0.39, 0.29) is 0 Å². The van der Waals surface area contributed by atoms with Crippen LogP contribution in [0.4, 0.5) is 10.5 Å². The van der Waals surface area contributed by atoms with Crippen molar-refractivity contribution in [1.82, 2.24) is 5.43 Å². The van der Waals surface area contributed by atoms with Crippen molar-refractivity contribution in [2.45, 2.75) is 6.42 Å². The van der Waals surface area contributed by atoms with E-state index in [2.05, 4.69) is 15.8 Å². The molecule has 0 atom stereocenters. The molecule has 0 spiro atoms. The maximum atomic E-state index is 11.9. The monoisotopic (exact) mass is 419 g/mol. The number of amides is 2. The van der Waals surface area contributed by atoms with Crippen LogP contribution >= 0.6 is 0 Å². The van der Waals surface area contributed by atoms with Crippen LogP contribution in [0.25, 0.3) is 0 Å². The minimum atomic E-state index is -0.420. The molecule has 7 nitrogen and oxygen atoms in total. The number of rotatable bonds is 10. The molecule has 0 saturated heterocycles. The van der Waals surface area contributed by atoms with Crippen molar-refractivity contribution in [2.24, 2.45) is 5.10 Å². The number of methoxy groups -OCH3 is 1. The van der Waals surface area contributed by atoms with E-state index in [4.69, 9.17) is 14.2 Å². The van der Waals surface area contributed by atoms with E-state index in [1.807, 2.05) is 66.7 Å². The van der Waals surface area contributed by atoms with Crippen molar-refractivity contribution < 1.29 is 19.0 Å². The Hall–Kier alpha value is -4.00. The molecule has 0 heterocycles. The molecule has 3 rings (SSSR count). The Balaban J connectivity index is 1.41. The van der Waals surface area contributed by atoms with E-state index >= 15 is 0 Å². The zero-order valence-corrected chi connectivity index (χ0v) is 17.3. The SMILES string of the molecule is COc1ccc(OCCCOc2ccccc2C=NNC(=O)Nc2ccccc2)cc1. The molecule has 0 aliphatic rings. The third-order valence-corrected chi connectivity index (χ3v) is 4.19. The molecule has 31 heavy (non-hydrogen) atoms. The van der Waals surface area contributed by atoms with Gasteiger partial charge in [-0.15, -0.1) is 0 Å². The molecule has 0 bridgehead atoms. The van der Waals surface area contributed by atoms with E-state index in [9.17, 15) is 4.79 Å². The van der Waals surface area contributed by atoms with Gasteiger partial charge in [0.25, 0.3) is 0 Å². The lowest BCUT2D eigenvalue weighted by Gasteiger charge is -2.10. The number of carbonyl (C=O) groups excluding carboxylic acids is 1. The number of anilines is 1. The second-order valence-corrected chi connectivity index (χ2v) is 6.45. The van der Waals surface area contributed by atoms with Gasteiger partial charge in [0.1, 0.15) is 17.2 Å². The Morgan fingerprint density at radius 2 is 1.55 bits per heavy atom. The topological polar surface area (TPSA) is 81.2 Å². The van der Waals surface area contributed by atoms with Gasteiger partial charge in [0, 0.05) is 17.7 Å². The summed E-state index contributed by atoms with van der Waals surface area (Å²) in [6, 6.07) is 23.7. The molecule has 0 aliphatic heterocycles. The molecule has 0 unspecified atom stereocenters. The summed E-state index contributed by atoms with van der Waals surface area (Å²) < 4.78 is 16.7. The second-order valence-electron chi connectivity index (χ2n) is 6.45. The molecule has 160 valence electrons. The van der Waals surface area contributed by atoms with Crippen molar-refractivity contribution >= 4 is 17.9 Å². The van der Waals surface area contributed by atoms with Crippen molar-refractivity contribution in [3.8, 4) is 17.2 Å². The van der Waals surface area contributed by atoms with Gasteiger partial charge in [0.15, 0.2) is 0 Å². The number of para-hydroxylation sites is 2. The van der Waals surface area contributed by atoms with Gasteiger partial charge in [0.05, 0.1) is 26.5 Å². The number of hydrogen-bond acceptors (Lipinski definition) is 5. The molecule has 7 heteroatoms. The molecule has 2 N–H and O–H groups in total. The molecule has 0 aliphatic carbocycles. The number of ether oxygens (including phenoxy) is 3. The summed E-state index contributed by atoms with van der Waals surface area (Å²) in [5.41, 5.74) is 3.90. The van der Waals surface area contributed by atoms with Crippen molar-refractivity contribution in [3.05, 3.63) is 84.4 Å². The molecule has 2 amide bonds. The number of hydrogen-bond donors (Lipinski definition) is 2. The van der Waals surface area contributed by atoms with Crippen LogP contribution in [0.3, 0.4) is 0 Å². The third kappa shape index (κ3) is 7.40. The van der Waals surface area contributed by atoms with Gasteiger partial charge in [-0.05, 0) is 48.5 Å². The van der Waals surface area contributed by atoms with Crippen LogP contribution in [0.5, 0.6) is 17.2 Å². The summed E-state index contributed by atoms with van der Waals surface area (Å²) in [6.45, 7) is 1.02. The van der Waals surface area contributed by atoms with Gasteiger partial charge >= 0.3 is 6.03 Å². The largest absolute Gasteiger partial charge is 0.497 e. The Kier molecular flexibility index (Phi) is 8.31. The first-order valence-electron chi connectivity index (χ1n) is 9.88. The number of benzene rings is 3. The Morgan fingerprint density at radius 3 is 2.32 bits per heavy atom. The fraction of sp³-hybridized carbons (Fsp3) is 0.167. The van der Waals surface area contributed by atoms with E-state index in [1.165, 1.54) is 0 Å². The highest BCUT2D eigenvalue weighted by Crippen LogP contribution is 2.18. The molecular formula is C24H25N3O4. The first-order chi connectivity index (χ1) is 15.2. The molecule has 3 aromatic rings. The number of nitrogens with one attached hydrogen (secondary N) is 2. The van der Waals surface area contributed by atoms with Gasteiger partial charge in [-0.1, -0.05) is 30.3 Å². The van der Waals surface area contributed by atoms with Gasteiger partial charge in [0.2, 0.25) is 0 Å². The van der Waals surface area contributed by atoms with E-state index in [0.29, 0.717) is 24.7 Å². The van der Waals surface area contributed by atoms with Gasteiger partial charge in [-0.3, -0.25) is 0 Å². The first kappa shape index (κ1) is 21.7. The number of hydrazone groups is 1. The van der Waals surface area contributed by atoms with Crippen LogP contribution in [0.2, 0.25) is 0 Å². The van der Waals surface area contributed by atoms with E-state index in [0.717, 1.165) is 23.5 Å². The van der Waals surface area contributed by atoms with Gasteiger partial charge in [-0.25, -0.2) is 10.2 Å². The summed E-state index contributed by atoms with van der Waals surface area (Å²) >= 11 is 0. The van der Waals surface area contributed by atoms with Crippen molar-refractivity contribution in [1.29, 1.82) is 0 Å². The predicted octanol–water partition coefficient (Wildman–Crippen LogP) is 4.70. The lowest BCUT2D eigenvalue weighted by atomic mass is 10.2. The van der Waals surface area contributed by atoms with Crippen LogP contribution in [-0.2, 0) is 0 Å². The van der Waals surface area contributed by atoms with Crippen LogP contribution in [0.1, 0.15) is 12.0 Å². The van der Waals surface area contributed by atoms with Gasteiger partial charge < -0.3 is 19.5 Å². The summed E-state index contributed by atoms with van der Waals surface area (Å²) in [7, 11) is 1.63. The summed E-state index contributed by atoms with van der Waals surface area (Å²) in [6.07, 6.45) is 2.27. The highest BCUT2D eigenvalue weighted by atomic mass is 16.5. The standard InChI is InChI=1S/C24H25N3O4/c1-29-21-12-14-22(15-13-21)30-16-7-17-31-23-11-6-5-8-19(23)18-25-27-24(28)26-20-9-3-2-4-10-20/h2-6,8-15,18H,7,16-17H2,1H3,(H2,26,27,28). The van der Waals surface area contributed by atoms with Crippen molar-refractivity contribution in [2.75, 3.05) is 25.6 Å². The van der Waals surface area contributed by atoms with Crippen LogP contribution < -0.4 is 25.0 Å². The lowest BCUT2D eigenvalue weighted by molar-refractivity contribution is 0.247. The van der Waals surface area contributed by atoms with E-state index < -0.39 is 6.03 Å². The smallest absolute Gasteiger partial charge is 0.339 e. The van der Waals surface area contributed by atoms with Gasteiger partial charge in [-0.2, -0.15) is 5.10 Å². The maximum absolute atomic E-state index is 11.9. The van der Waals surface area contributed by atoms with Crippen LogP contribution in [-0.4, -0.2) is 32.6 Å². The number of nitrogens with zero attached hydrogens (tertiary/aromatic N) is 1. The zero-order valence-electron chi connectivity index (χ0n) is 17.3. The van der Waals surface area contributed by atoms with E-state index in [1.54, 1.807) is 25.5 Å². The fourth-order valence-corrected chi connectivity index (χ4v) is 2.66. The van der Waals surface area contributed by atoms with Crippen molar-refractivity contribution in [3.63, 3.8) is 0 Å². The molecule has 0 saturated carbocycles. The minimum Gasteiger partial charge on any atom is -0.497 e. The maximum Gasteiger partial charge on any atom is 0.339 e. The Morgan fingerprint density at radius 1 is 0.871 bits per heavy atom. The highest BCUT2D eigenvalue weighted by Gasteiger charge is 2.03. The average molecular weight is 419 g/mol. The summed E-state index contributed by atoms with van der Waals surface area (Å²) in [5.74, 6) is 2.26. The predicted molar refractivity (Wildman–Crippen MR) is 121 cm³/mol.